The van der Waals surface area contributed by atoms with Gasteiger partial charge in [-0.2, -0.15) is 0 Å². The lowest BCUT2D eigenvalue weighted by Gasteiger charge is -2.07. The number of aryl methyl sites for hydroxylation is 2. The zero-order chi connectivity index (χ0) is 18.7. The second kappa shape index (κ2) is 7.39. The molecule has 26 heavy (non-hydrogen) atoms. The highest BCUT2D eigenvalue weighted by Crippen LogP contribution is 2.11. The van der Waals surface area contributed by atoms with Crippen LogP contribution in [0.15, 0.2) is 52.1 Å². The van der Waals surface area contributed by atoms with E-state index in [0.717, 1.165) is 5.56 Å². The van der Waals surface area contributed by atoms with Gasteiger partial charge in [-0.25, -0.2) is 9.78 Å². The van der Waals surface area contributed by atoms with Gasteiger partial charge in [-0.05, 0) is 25.5 Å². The van der Waals surface area contributed by atoms with Gasteiger partial charge in [-0.1, -0.05) is 48.6 Å². The maximum absolute atomic E-state index is 12.6. The van der Waals surface area contributed by atoms with Crippen LogP contribution in [-0.4, -0.2) is 18.7 Å². The number of fused-ring (bicyclic) bond motifs is 1. The van der Waals surface area contributed by atoms with E-state index < -0.39 is 0 Å². The molecule has 0 atom stereocenters. The van der Waals surface area contributed by atoms with Crippen molar-refractivity contribution in [3.63, 3.8) is 0 Å². The van der Waals surface area contributed by atoms with E-state index in [1.807, 2.05) is 61.6 Å². The highest BCUT2D eigenvalue weighted by molar-refractivity contribution is 5.73. The Kier molecular flexibility index (Phi) is 5.02. The van der Waals surface area contributed by atoms with E-state index in [2.05, 4.69) is 4.98 Å². The van der Waals surface area contributed by atoms with E-state index in [-0.39, 0.29) is 11.2 Å². The van der Waals surface area contributed by atoms with Crippen molar-refractivity contribution in [1.29, 1.82) is 0 Å². The van der Waals surface area contributed by atoms with Gasteiger partial charge in [0.25, 0.3) is 5.56 Å². The van der Waals surface area contributed by atoms with Crippen LogP contribution in [0.4, 0.5) is 0 Å². The first-order valence-corrected chi connectivity index (χ1v) is 8.68. The standard InChI is InChI=1S/C20H22N4O2/c1-4-23-18-17(19(25)24(5-2)20(23)26)22(3)16(21-18)14-10-9-13-15-11-7-6-8-12-15/h6-14H,4-5H2,1-3H3/b13-9+,14-10+. The quantitative estimate of drug-likeness (QED) is 0.665. The van der Waals surface area contributed by atoms with Gasteiger partial charge in [-0.15, -0.1) is 0 Å². The maximum Gasteiger partial charge on any atom is 0.332 e. The van der Waals surface area contributed by atoms with Crippen LogP contribution in [0.3, 0.4) is 0 Å². The molecule has 0 fully saturated rings. The second-order valence-corrected chi connectivity index (χ2v) is 5.91. The Morgan fingerprint density at radius 3 is 2.27 bits per heavy atom. The molecule has 0 aliphatic heterocycles. The first-order valence-electron chi connectivity index (χ1n) is 8.68. The van der Waals surface area contributed by atoms with Crippen LogP contribution in [0.2, 0.25) is 0 Å². The van der Waals surface area contributed by atoms with E-state index in [0.29, 0.717) is 30.1 Å². The number of aromatic nitrogens is 4. The van der Waals surface area contributed by atoms with Gasteiger partial charge in [0.05, 0.1) is 0 Å². The fraction of sp³-hybridized carbons (Fsp3) is 0.250. The SMILES string of the molecule is CCn1c(=O)c2c(nc(/C=C/C=C/c3ccccc3)n2C)n(CC)c1=O. The molecule has 0 unspecified atom stereocenters. The topological polar surface area (TPSA) is 61.8 Å². The van der Waals surface area contributed by atoms with Crippen LogP contribution >= 0.6 is 0 Å². The van der Waals surface area contributed by atoms with Crippen LogP contribution in [0.5, 0.6) is 0 Å². The molecule has 0 amide bonds. The molecule has 0 saturated heterocycles. The number of allylic oxidation sites excluding steroid dienone is 2. The summed E-state index contributed by atoms with van der Waals surface area (Å²) in [5.74, 6) is 0.630. The van der Waals surface area contributed by atoms with Gasteiger partial charge in [0, 0.05) is 20.1 Å². The lowest BCUT2D eigenvalue weighted by molar-refractivity contribution is 0.604. The van der Waals surface area contributed by atoms with Gasteiger partial charge in [0.1, 0.15) is 5.82 Å². The average Bonchev–Trinajstić information content (AvgIpc) is 2.97. The van der Waals surface area contributed by atoms with Crippen molar-refractivity contribution in [2.24, 2.45) is 7.05 Å². The van der Waals surface area contributed by atoms with Crippen LogP contribution in [-0.2, 0) is 20.1 Å². The van der Waals surface area contributed by atoms with Crippen molar-refractivity contribution in [1.82, 2.24) is 18.7 Å². The average molecular weight is 350 g/mol. The first-order chi connectivity index (χ1) is 12.6. The molecule has 0 spiro atoms. The number of imidazole rings is 1. The van der Waals surface area contributed by atoms with Gasteiger partial charge < -0.3 is 4.57 Å². The molecule has 0 radical (unpaired) electrons. The predicted octanol–water partition coefficient (Wildman–Crippen LogP) is 2.66. The fourth-order valence-electron chi connectivity index (χ4n) is 2.96. The van der Waals surface area contributed by atoms with Crippen LogP contribution in [0.1, 0.15) is 25.2 Å². The number of rotatable bonds is 5. The molecule has 2 heterocycles. The summed E-state index contributed by atoms with van der Waals surface area (Å²) < 4.78 is 4.52. The lowest BCUT2D eigenvalue weighted by Crippen LogP contribution is -2.39. The Labute approximate surface area is 151 Å². The Balaban J connectivity index is 2.06. The van der Waals surface area contributed by atoms with E-state index in [4.69, 9.17) is 0 Å². The molecule has 3 aromatic rings. The molecule has 1 aromatic carbocycles. The monoisotopic (exact) mass is 350 g/mol. The van der Waals surface area contributed by atoms with Crippen molar-refractivity contribution in [3.8, 4) is 0 Å². The molecular formula is C20H22N4O2. The summed E-state index contributed by atoms with van der Waals surface area (Å²) >= 11 is 0. The fourth-order valence-corrected chi connectivity index (χ4v) is 2.96. The smallest absolute Gasteiger partial charge is 0.322 e. The summed E-state index contributed by atoms with van der Waals surface area (Å²) in [6, 6.07) is 9.98. The molecule has 0 N–H and O–H groups in total. The number of benzene rings is 1. The Bertz CT molecular complexity index is 1100. The lowest BCUT2D eigenvalue weighted by atomic mass is 10.2. The van der Waals surface area contributed by atoms with Crippen molar-refractivity contribution in [2.45, 2.75) is 26.9 Å². The predicted molar refractivity (Wildman–Crippen MR) is 105 cm³/mol. The zero-order valence-corrected chi connectivity index (χ0v) is 15.2. The summed E-state index contributed by atoms with van der Waals surface area (Å²) in [5.41, 5.74) is 1.37. The first kappa shape index (κ1) is 17.7. The number of hydrogen-bond donors (Lipinski definition) is 0. The third kappa shape index (κ3) is 3.06. The van der Waals surface area contributed by atoms with E-state index in [9.17, 15) is 9.59 Å². The van der Waals surface area contributed by atoms with Crippen molar-refractivity contribution in [2.75, 3.05) is 0 Å². The molecule has 3 rings (SSSR count). The number of nitrogens with zero attached hydrogens (tertiary/aromatic N) is 4. The summed E-state index contributed by atoms with van der Waals surface area (Å²) in [7, 11) is 1.79. The van der Waals surface area contributed by atoms with E-state index >= 15 is 0 Å². The van der Waals surface area contributed by atoms with Gasteiger partial charge in [-0.3, -0.25) is 13.9 Å². The summed E-state index contributed by atoms with van der Waals surface area (Å²) in [6.07, 6.45) is 7.62. The normalized spacial score (nSPS) is 12.0. The minimum Gasteiger partial charge on any atom is -0.322 e. The summed E-state index contributed by atoms with van der Waals surface area (Å²) in [4.78, 5) is 29.6. The van der Waals surface area contributed by atoms with Crippen LogP contribution in [0, 0.1) is 0 Å². The molecule has 0 aliphatic rings. The van der Waals surface area contributed by atoms with Crippen molar-refractivity contribution >= 4 is 23.3 Å². The summed E-state index contributed by atoms with van der Waals surface area (Å²) in [6.45, 7) is 4.46. The second-order valence-electron chi connectivity index (χ2n) is 5.91. The molecular weight excluding hydrogens is 328 g/mol. The van der Waals surface area contributed by atoms with E-state index in [1.165, 1.54) is 9.13 Å². The molecule has 134 valence electrons. The Morgan fingerprint density at radius 2 is 1.62 bits per heavy atom. The van der Waals surface area contributed by atoms with Crippen LogP contribution in [0.25, 0.3) is 23.3 Å². The molecule has 0 aliphatic carbocycles. The Hall–Kier alpha value is -3.15. The molecule has 6 nitrogen and oxygen atoms in total. The van der Waals surface area contributed by atoms with E-state index in [1.54, 1.807) is 18.5 Å². The van der Waals surface area contributed by atoms with Crippen molar-refractivity contribution in [3.05, 3.63) is 74.7 Å². The molecule has 0 saturated carbocycles. The van der Waals surface area contributed by atoms with Gasteiger partial charge in [0.15, 0.2) is 11.2 Å². The van der Waals surface area contributed by atoms with Crippen molar-refractivity contribution < 1.29 is 0 Å². The third-order valence-corrected chi connectivity index (χ3v) is 4.35. The summed E-state index contributed by atoms with van der Waals surface area (Å²) in [5, 5.41) is 0. The number of hydrogen-bond acceptors (Lipinski definition) is 3. The van der Waals surface area contributed by atoms with Gasteiger partial charge >= 0.3 is 5.69 Å². The highest BCUT2D eigenvalue weighted by Gasteiger charge is 2.17. The maximum atomic E-state index is 12.6. The minimum absolute atomic E-state index is 0.299. The highest BCUT2D eigenvalue weighted by atomic mass is 16.2. The minimum atomic E-state index is -0.315. The van der Waals surface area contributed by atoms with Crippen LogP contribution < -0.4 is 11.2 Å². The molecule has 2 aromatic heterocycles. The Morgan fingerprint density at radius 1 is 0.962 bits per heavy atom. The molecule has 0 bridgehead atoms. The van der Waals surface area contributed by atoms with Gasteiger partial charge in [0.2, 0.25) is 0 Å². The third-order valence-electron chi connectivity index (χ3n) is 4.35. The zero-order valence-electron chi connectivity index (χ0n) is 15.2. The molecule has 6 heteroatoms. The largest absolute Gasteiger partial charge is 0.332 e.